The highest BCUT2D eigenvalue weighted by molar-refractivity contribution is 5.67. The number of hydrogen-bond donors (Lipinski definition) is 1. The molecule has 0 aromatic rings. The minimum atomic E-state index is -4.90. The van der Waals surface area contributed by atoms with E-state index in [1.165, 1.54) is 4.90 Å². The van der Waals surface area contributed by atoms with Gasteiger partial charge in [0.2, 0.25) is 19.2 Å². The van der Waals surface area contributed by atoms with Gasteiger partial charge in [0.15, 0.2) is 6.04 Å². The average molecular weight is 458 g/mol. The van der Waals surface area contributed by atoms with Gasteiger partial charge in [-0.15, -0.1) is 0 Å². The predicted octanol–water partition coefficient (Wildman–Crippen LogP) is 1.15. The molecule has 0 saturated carbocycles. The van der Waals surface area contributed by atoms with Gasteiger partial charge in [-0.25, -0.2) is 4.79 Å². The average Bonchev–Trinajstić information content (AvgIpc) is 2.58. The van der Waals surface area contributed by atoms with E-state index < -0.39 is 53.5 Å². The van der Waals surface area contributed by atoms with Crippen molar-refractivity contribution in [3.63, 3.8) is 0 Å². The summed E-state index contributed by atoms with van der Waals surface area (Å²) in [5, 5.41) is 27.7. The van der Waals surface area contributed by atoms with Crippen LogP contribution >= 0.6 is 0 Å². The Labute approximate surface area is 165 Å². The number of halogens is 6. The van der Waals surface area contributed by atoms with Crippen LogP contribution < -0.4 is 0 Å². The third kappa shape index (κ3) is 10.4. The third-order valence-electron chi connectivity index (χ3n) is 3.68. The smallest absolute Gasteiger partial charge is 0.420 e. The van der Waals surface area contributed by atoms with E-state index >= 15 is 0 Å². The molecule has 0 bridgehead atoms. The lowest BCUT2D eigenvalue weighted by Gasteiger charge is -2.37. The first-order chi connectivity index (χ1) is 13.6. The number of carbonyl (C=O) groups is 1. The summed E-state index contributed by atoms with van der Waals surface area (Å²) < 4.78 is 76.9. The Kier molecular flexibility index (Phi) is 10.7. The van der Waals surface area contributed by atoms with E-state index in [0.29, 0.717) is 0 Å². The molecule has 1 saturated heterocycles. The van der Waals surface area contributed by atoms with Crippen LogP contribution in [-0.2, 0) is 4.74 Å². The molecular formula is C13H20F6N4O7. The van der Waals surface area contributed by atoms with Crippen molar-refractivity contribution in [2.75, 3.05) is 45.9 Å². The maximum atomic E-state index is 12.8. The second-order valence-electron chi connectivity index (χ2n) is 5.87. The molecule has 176 valence electrons. The molecule has 1 rings (SSSR count). The van der Waals surface area contributed by atoms with Gasteiger partial charge in [0.05, 0.1) is 6.61 Å². The van der Waals surface area contributed by atoms with Crippen molar-refractivity contribution >= 4 is 6.09 Å². The minimum absolute atomic E-state index is 0.0587. The molecule has 0 aromatic heterocycles. The van der Waals surface area contributed by atoms with E-state index in [0.717, 1.165) is 4.90 Å². The van der Waals surface area contributed by atoms with Crippen molar-refractivity contribution in [3.05, 3.63) is 20.2 Å². The zero-order chi connectivity index (χ0) is 23.7. The summed E-state index contributed by atoms with van der Waals surface area (Å²) in [6.45, 7) is -0.900. The number of nitro groups is 2. The standard InChI is InChI=1S/C10H16F3N3O4.C3H4F3NO3/c1-2-20-9(17)15-5-3-14(4-6-15)8(7-16(18)19)10(11,12)13;4-3(5,6)2(8)1-7(9)10/h8H,2-7H2,1H3;2,8H,1H2. The molecule has 0 aliphatic carbocycles. The number of nitrogens with zero attached hydrogens (tertiary/aromatic N) is 4. The van der Waals surface area contributed by atoms with Gasteiger partial charge in [-0.2, -0.15) is 26.3 Å². The molecule has 1 N–H and O–H groups in total. The second kappa shape index (κ2) is 11.7. The first-order valence-corrected chi connectivity index (χ1v) is 8.30. The van der Waals surface area contributed by atoms with E-state index in [1.54, 1.807) is 6.92 Å². The monoisotopic (exact) mass is 458 g/mol. The molecule has 1 aliphatic rings. The quantitative estimate of drug-likeness (QED) is 0.355. The molecule has 1 heterocycles. The fraction of sp³-hybridized carbons (Fsp3) is 0.923. The van der Waals surface area contributed by atoms with Gasteiger partial charge >= 0.3 is 18.4 Å². The zero-order valence-corrected chi connectivity index (χ0v) is 15.6. The molecule has 2 unspecified atom stereocenters. The number of amides is 1. The highest BCUT2D eigenvalue weighted by Crippen LogP contribution is 2.26. The number of alkyl halides is 6. The van der Waals surface area contributed by atoms with Gasteiger partial charge in [0, 0.05) is 36.0 Å². The van der Waals surface area contributed by atoms with E-state index in [9.17, 15) is 51.4 Å². The van der Waals surface area contributed by atoms with Crippen LogP contribution in [0.4, 0.5) is 31.1 Å². The number of piperazine rings is 1. The molecule has 2 atom stereocenters. The summed E-state index contributed by atoms with van der Waals surface area (Å²) in [6, 6.07) is -2.12. The van der Waals surface area contributed by atoms with Crippen LogP contribution in [0.25, 0.3) is 0 Å². The lowest BCUT2D eigenvalue weighted by molar-refractivity contribution is -0.500. The molecule has 30 heavy (non-hydrogen) atoms. The van der Waals surface area contributed by atoms with Crippen LogP contribution in [0.1, 0.15) is 6.92 Å². The number of aliphatic hydroxyl groups excluding tert-OH is 1. The Balaban J connectivity index is 0.000000710. The molecule has 11 nitrogen and oxygen atoms in total. The van der Waals surface area contributed by atoms with Gasteiger partial charge in [-0.05, 0) is 6.92 Å². The molecule has 0 spiro atoms. The lowest BCUT2D eigenvalue weighted by atomic mass is 10.2. The summed E-state index contributed by atoms with van der Waals surface area (Å²) in [4.78, 5) is 31.2. The number of carbonyl (C=O) groups excluding carboxylic acids is 1. The summed E-state index contributed by atoms with van der Waals surface area (Å²) in [5.74, 6) is 0. The van der Waals surface area contributed by atoms with Crippen molar-refractivity contribution in [1.29, 1.82) is 0 Å². The van der Waals surface area contributed by atoms with Gasteiger partial charge in [-0.1, -0.05) is 0 Å². The first-order valence-electron chi connectivity index (χ1n) is 8.30. The Bertz CT molecular complexity index is 581. The molecule has 0 aromatic carbocycles. The van der Waals surface area contributed by atoms with Crippen LogP contribution in [0.2, 0.25) is 0 Å². The second-order valence-corrected chi connectivity index (χ2v) is 5.87. The molecule has 1 amide bonds. The molecular weight excluding hydrogens is 438 g/mol. The SMILES string of the molecule is CCOC(=O)N1CCN(C(C[N+](=O)[O-])C(F)(F)F)CC1.O=[N+]([O-])CC(O)C(F)(F)F. The Morgan fingerprint density at radius 2 is 1.47 bits per heavy atom. The van der Waals surface area contributed by atoms with Crippen molar-refractivity contribution in [1.82, 2.24) is 9.80 Å². The summed E-state index contributed by atoms with van der Waals surface area (Å²) in [5.41, 5.74) is 0. The van der Waals surface area contributed by atoms with Crippen LogP contribution in [0.15, 0.2) is 0 Å². The van der Waals surface area contributed by atoms with E-state index in [-0.39, 0.29) is 32.8 Å². The van der Waals surface area contributed by atoms with Crippen molar-refractivity contribution in [2.24, 2.45) is 0 Å². The highest BCUT2D eigenvalue weighted by atomic mass is 19.4. The topological polar surface area (TPSA) is 139 Å². The molecule has 17 heteroatoms. The number of hydrogen-bond acceptors (Lipinski definition) is 8. The fourth-order valence-electron chi connectivity index (χ4n) is 2.24. The number of ether oxygens (including phenoxy) is 1. The molecule has 1 aliphatic heterocycles. The van der Waals surface area contributed by atoms with Gasteiger partial charge in [-0.3, -0.25) is 25.1 Å². The Morgan fingerprint density at radius 3 is 1.77 bits per heavy atom. The molecule has 0 radical (unpaired) electrons. The van der Waals surface area contributed by atoms with E-state index in [1.807, 2.05) is 0 Å². The zero-order valence-electron chi connectivity index (χ0n) is 15.6. The van der Waals surface area contributed by atoms with Crippen LogP contribution in [0.3, 0.4) is 0 Å². The predicted molar refractivity (Wildman–Crippen MR) is 85.8 cm³/mol. The van der Waals surface area contributed by atoms with Gasteiger partial charge in [0.1, 0.15) is 0 Å². The van der Waals surface area contributed by atoms with Crippen molar-refractivity contribution in [3.8, 4) is 0 Å². The van der Waals surface area contributed by atoms with E-state index in [4.69, 9.17) is 9.84 Å². The summed E-state index contributed by atoms with van der Waals surface area (Å²) in [7, 11) is 0. The maximum Gasteiger partial charge on any atom is 0.420 e. The van der Waals surface area contributed by atoms with Crippen LogP contribution in [0.5, 0.6) is 0 Å². The first kappa shape index (κ1) is 27.6. The normalized spacial score (nSPS) is 17.4. The van der Waals surface area contributed by atoms with Crippen LogP contribution in [0, 0.1) is 20.2 Å². The lowest BCUT2D eigenvalue weighted by Crippen LogP contribution is -2.57. The summed E-state index contributed by atoms with van der Waals surface area (Å²) in [6.07, 6.45) is -13.0. The fourth-order valence-corrected chi connectivity index (χ4v) is 2.24. The highest BCUT2D eigenvalue weighted by Gasteiger charge is 2.48. The molecule has 1 fully saturated rings. The Morgan fingerprint density at radius 1 is 1.00 bits per heavy atom. The third-order valence-corrected chi connectivity index (χ3v) is 3.68. The van der Waals surface area contributed by atoms with Crippen LogP contribution in [-0.4, -0.2) is 101 Å². The van der Waals surface area contributed by atoms with Crippen molar-refractivity contribution in [2.45, 2.75) is 31.4 Å². The largest absolute Gasteiger partial charge is 0.450 e. The van der Waals surface area contributed by atoms with Gasteiger partial charge in [0.25, 0.3) is 0 Å². The van der Waals surface area contributed by atoms with E-state index in [2.05, 4.69) is 0 Å². The number of aliphatic hydroxyl groups is 1. The maximum absolute atomic E-state index is 12.8. The minimum Gasteiger partial charge on any atom is -0.450 e. The Hall–Kier alpha value is -2.43. The van der Waals surface area contributed by atoms with Gasteiger partial charge < -0.3 is 14.7 Å². The summed E-state index contributed by atoms with van der Waals surface area (Å²) >= 11 is 0. The number of rotatable bonds is 6. The van der Waals surface area contributed by atoms with Crippen molar-refractivity contribution < 1.29 is 50.8 Å².